The van der Waals surface area contributed by atoms with E-state index < -0.39 is 0 Å². The average Bonchev–Trinajstić information content (AvgIpc) is 2.91. The van der Waals surface area contributed by atoms with Gasteiger partial charge in [-0.1, -0.05) is 6.42 Å². The van der Waals surface area contributed by atoms with Crippen LogP contribution in [0.25, 0.3) is 0 Å². The maximum atomic E-state index is 12.9. The number of aryl methyl sites for hydroxylation is 3. The van der Waals surface area contributed by atoms with E-state index in [-0.39, 0.29) is 17.4 Å². The predicted octanol–water partition coefficient (Wildman–Crippen LogP) is 3.43. The first kappa shape index (κ1) is 17.5. The van der Waals surface area contributed by atoms with Gasteiger partial charge in [-0.25, -0.2) is 4.98 Å². The largest absolute Gasteiger partial charge is 0.338 e. The SMILES string of the molecule is Cc1nc(C2CCN(C(=O)c3cc4c(s3)CCCCC4)CC2)cc(=O)[nH]1. The molecule has 1 fully saturated rings. The quantitative estimate of drug-likeness (QED) is 0.823. The van der Waals surface area contributed by atoms with E-state index in [1.165, 1.54) is 29.7 Å². The van der Waals surface area contributed by atoms with Crippen molar-refractivity contribution in [2.45, 2.75) is 57.8 Å². The van der Waals surface area contributed by atoms with Gasteiger partial charge < -0.3 is 9.88 Å². The molecule has 1 saturated heterocycles. The summed E-state index contributed by atoms with van der Waals surface area (Å²) in [7, 11) is 0. The monoisotopic (exact) mass is 371 g/mol. The van der Waals surface area contributed by atoms with Crippen molar-refractivity contribution in [1.29, 1.82) is 0 Å². The lowest BCUT2D eigenvalue weighted by atomic mass is 9.93. The van der Waals surface area contributed by atoms with Crippen LogP contribution in [0.15, 0.2) is 16.9 Å². The van der Waals surface area contributed by atoms with E-state index in [0.29, 0.717) is 5.82 Å². The lowest BCUT2D eigenvalue weighted by molar-refractivity contribution is 0.0717. The second kappa shape index (κ2) is 7.35. The number of aromatic nitrogens is 2. The van der Waals surface area contributed by atoms with Crippen molar-refractivity contribution in [2.75, 3.05) is 13.1 Å². The highest BCUT2D eigenvalue weighted by atomic mass is 32.1. The first-order chi connectivity index (χ1) is 12.6. The van der Waals surface area contributed by atoms with Crippen LogP contribution in [0, 0.1) is 6.92 Å². The van der Waals surface area contributed by atoms with Crippen LogP contribution >= 0.6 is 11.3 Å². The first-order valence-corrected chi connectivity index (χ1v) is 10.4. The average molecular weight is 372 g/mol. The van der Waals surface area contributed by atoms with E-state index in [0.717, 1.165) is 49.3 Å². The third kappa shape index (κ3) is 3.61. The molecule has 0 radical (unpaired) electrons. The van der Waals surface area contributed by atoms with Crippen LogP contribution < -0.4 is 5.56 Å². The molecule has 0 spiro atoms. The molecule has 6 heteroatoms. The Labute approximate surface area is 157 Å². The van der Waals surface area contributed by atoms with E-state index in [4.69, 9.17) is 0 Å². The molecular weight excluding hydrogens is 346 g/mol. The fourth-order valence-corrected chi connectivity index (χ4v) is 5.34. The molecule has 1 aliphatic heterocycles. The minimum Gasteiger partial charge on any atom is -0.338 e. The fourth-order valence-electron chi connectivity index (χ4n) is 4.12. The number of piperidine rings is 1. The molecule has 2 aliphatic rings. The topological polar surface area (TPSA) is 66.1 Å². The maximum absolute atomic E-state index is 12.9. The molecule has 0 unspecified atom stereocenters. The minimum atomic E-state index is -0.0916. The van der Waals surface area contributed by atoms with Gasteiger partial charge in [0.1, 0.15) is 5.82 Å². The van der Waals surface area contributed by atoms with Gasteiger partial charge in [-0.3, -0.25) is 9.59 Å². The van der Waals surface area contributed by atoms with Crippen LogP contribution in [0.1, 0.15) is 69.7 Å². The Morgan fingerprint density at radius 1 is 1.19 bits per heavy atom. The molecule has 1 aliphatic carbocycles. The maximum Gasteiger partial charge on any atom is 0.263 e. The van der Waals surface area contributed by atoms with Gasteiger partial charge in [0.05, 0.1) is 10.6 Å². The molecule has 138 valence electrons. The molecule has 1 amide bonds. The lowest BCUT2D eigenvalue weighted by Crippen LogP contribution is -2.38. The summed E-state index contributed by atoms with van der Waals surface area (Å²) in [5, 5.41) is 0. The Morgan fingerprint density at radius 2 is 1.96 bits per heavy atom. The van der Waals surface area contributed by atoms with Gasteiger partial charge in [0.25, 0.3) is 11.5 Å². The molecule has 2 aromatic heterocycles. The summed E-state index contributed by atoms with van der Waals surface area (Å²) in [4.78, 5) is 36.1. The van der Waals surface area contributed by atoms with Crippen molar-refractivity contribution in [3.05, 3.63) is 49.3 Å². The predicted molar refractivity (Wildman–Crippen MR) is 103 cm³/mol. The number of nitrogens with one attached hydrogen (secondary N) is 1. The Hall–Kier alpha value is -1.95. The fraction of sp³-hybridized carbons (Fsp3) is 0.550. The molecule has 5 nitrogen and oxygen atoms in total. The normalized spacial score (nSPS) is 18.4. The number of nitrogens with zero attached hydrogens (tertiary/aromatic N) is 2. The van der Waals surface area contributed by atoms with Gasteiger partial charge in [-0.2, -0.15) is 0 Å². The summed E-state index contributed by atoms with van der Waals surface area (Å²) in [6, 6.07) is 3.74. The number of carbonyl (C=O) groups is 1. The Bertz CT molecular complexity index is 839. The van der Waals surface area contributed by atoms with Gasteiger partial charge in [-0.05, 0) is 57.1 Å². The van der Waals surface area contributed by atoms with Crippen molar-refractivity contribution in [2.24, 2.45) is 0 Å². The number of H-pyrrole nitrogens is 1. The summed E-state index contributed by atoms with van der Waals surface area (Å²) in [6.07, 6.45) is 7.77. The van der Waals surface area contributed by atoms with Gasteiger partial charge in [0.15, 0.2) is 0 Å². The number of hydrogen-bond acceptors (Lipinski definition) is 4. The van der Waals surface area contributed by atoms with Gasteiger partial charge in [-0.15, -0.1) is 11.3 Å². The Morgan fingerprint density at radius 3 is 2.73 bits per heavy atom. The van der Waals surface area contributed by atoms with Crippen LogP contribution in [-0.2, 0) is 12.8 Å². The summed E-state index contributed by atoms with van der Waals surface area (Å²) >= 11 is 1.70. The third-order valence-electron chi connectivity index (χ3n) is 5.54. The van der Waals surface area contributed by atoms with Gasteiger partial charge >= 0.3 is 0 Å². The second-order valence-corrected chi connectivity index (χ2v) is 8.58. The molecule has 0 bridgehead atoms. The van der Waals surface area contributed by atoms with Crippen molar-refractivity contribution in [3.63, 3.8) is 0 Å². The van der Waals surface area contributed by atoms with Gasteiger partial charge in [0, 0.05) is 30.0 Å². The first-order valence-electron chi connectivity index (χ1n) is 9.59. The van der Waals surface area contributed by atoms with E-state index in [9.17, 15) is 9.59 Å². The van der Waals surface area contributed by atoms with E-state index in [1.807, 2.05) is 11.8 Å². The number of aromatic amines is 1. The Balaban J connectivity index is 1.43. The van der Waals surface area contributed by atoms with Crippen molar-refractivity contribution in [1.82, 2.24) is 14.9 Å². The number of fused-ring (bicyclic) bond motifs is 1. The highest BCUT2D eigenvalue weighted by Crippen LogP contribution is 2.32. The van der Waals surface area contributed by atoms with Crippen LogP contribution in [0.5, 0.6) is 0 Å². The second-order valence-electron chi connectivity index (χ2n) is 7.44. The van der Waals surface area contributed by atoms with E-state index >= 15 is 0 Å². The van der Waals surface area contributed by atoms with Gasteiger partial charge in [0.2, 0.25) is 0 Å². The lowest BCUT2D eigenvalue weighted by Gasteiger charge is -2.31. The molecule has 26 heavy (non-hydrogen) atoms. The third-order valence-corrected chi connectivity index (χ3v) is 6.76. The van der Waals surface area contributed by atoms with Crippen LogP contribution in [-0.4, -0.2) is 33.9 Å². The van der Waals surface area contributed by atoms with Crippen molar-refractivity contribution < 1.29 is 4.79 Å². The number of amides is 1. The minimum absolute atomic E-state index is 0.0916. The molecular formula is C20H25N3O2S. The van der Waals surface area contributed by atoms with E-state index in [1.54, 1.807) is 17.4 Å². The molecule has 0 aromatic carbocycles. The van der Waals surface area contributed by atoms with Crippen LogP contribution in [0.2, 0.25) is 0 Å². The number of thiophene rings is 1. The smallest absolute Gasteiger partial charge is 0.263 e. The zero-order valence-corrected chi connectivity index (χ0v) is 16.0. The summed E-state index contributed by atoms with van der Waals surface area (Å²) < 4.78 is 0. The standard InChI is InChI=1S/C20H25N3O2S/c1-13-21-16(12-19(24)22-13)14-7-9-23(10-8-14)20(25)18-11-15-5-3-2-4-6-17(15)26-18/h11-12,14H,2-10H2,1H3,(H,21,22,24). The zero-order valence-electron chi connectivity index (χ0n) is 15.2. The number of hydrogen-bond donors (Lipinski definition) is 1. The van der Waals surface area contributed by atoms with E-state index in [2.05, 4.69) is 16.0 Å². The molecule has 1 N–H and O–H groups in total. The highest BCUT2D eigenvalue weighted by Gasteiger charge is 2.27. The Kier molecular flexibility index (Phi) is 4.94. The van der Waals surface area contributed by atoms with Crippen molar-refractivity contribution in [3.8, 4) is 0 Å². The summed E-state index contributed by atoms with van der Waals surface area (Å²) in [6.45, 7) is 3.28. The summed E-state index contributed by atoms with van der Waals surface area (Å²) in [5.41, 5.74) is 2.17. The zero-order chi connectivity index (χ0) is 18.1. The number of likely N-dealkylation sites (tertiary alicyclic amines) is 1. The number of carbonyl (C=O) groups excluding carboxylic acids is 1. The molecule has 3 heterocycles. The molecule has 0 atom stereocenters. The van der Waals surface area contributed by atoms with Crippen LogP contribution in [0.3, 0.4) is 0 Å². The summed E-state index contributed by atoms with van der Waals surface area (Å²) in [5.74, 6) is 1.10. The molecule has 4 rings (SSSR count). The highest BCUT2D eigenvalue weighted by molar-refractivity contribution is 7.14. The molecule has 0 saturated carbocycles. The number of rotatable bonds is 2. The van der Waals surface area contributed by atoms with Crippen LogP contribution in [0.4, 0.5) is 0 Å². The van der Waals surface area contributed by atoms with Crippen molar-refractivity contribution >= 4 is 17.2 Å². The molecule has 2 aromatic rings.